The predicted octanol–water partition coefficient (Wildman–Crippen LogP) is 3.87. The highest BCUT2D eigenvalue weighted by Gasteiger charge is 2.23. The highest BCUT2D eigenvalue weighted by molar-refractivity contribution is 7.09. The van der Waals surface area contributed by atoms with Gasteiger partial charge in [0, 0.05) is 17.0 Å². The van der Waals surface area contributed by atoms with Crippen LogP contribution in [-0.2, 0) is 6.61 Å². The van der Waals surface area contributed by atoms with Crippen LogP contribution >= 0.6 is 11.3 Å². The van der Waals surface area contributed by atoms with E-state index in [0.29, 0.717) is 24.0 Å². The lowest BCUT2D eigenvalue weighted by Gasteiger charge is -2.06. The van der Waals surface area contributed by atoms with E-state index in [1.807, 2.05) is 29.6 Å². The molecule has 24 heavy (non-hydrogen) atoms. The van der Waals surface area contributed by atoms with Crippen molar-refractivity contribution in [2.75, 3.05) is 0 Å². The summed E-state index contributed by atoms with van der Waals surface area (Å²) in [4.78, 5) is 16.4. The minimum atomic E-state index is -0.0212. The van der Waals surface area contributed by atoms with Gasteiger partial charge in [-0.05, 0) is 49.2 Å². The van der Waals surface area contributed by atoms with Gasteiger partial charge in [-0.1, -0.05) is 0 Å². The molecule has 0 spiro atoms. The zero-order valence-corrected chi connectivity index (χ0v) is 13.7. The normalized spacial score (nSPS) is 13.7. The molecule has 0 unspecified atom stereocenters. The lowest BCUT2D eigenvalue weighted by Crippen LogP contribution is -2.25. The van der Waals surface area contributed by atoms with Crippen molar-refractivity contribution in [3.05, 3.63) is 58.6 Å². The van der Waals surface area contributed by atoms with Crippen molar-refractivity contribution in [1.82, 2.24) is 10.3 Å². The van der Waals surface area contributed by atoms with E-state index in [1.165, 1.54) is 11.3 Å². The number of hydrogen-bond donors (Lipinski definition) is 1. The molecular formula is C18H16N2O3S. The third kappa shape index (κ3) is 3.49. The molecule has 3 aromatic rings. The van der Waals surface area contributed by atoms with Crippen LogP contribution in [0, 0.1) is 0 Å². The molecule has 1 amide bonds. The number of aromatic nitrogens is 1. The minimum absolute atomic E-state index is 0.0212. The first-order valence-electron chi connectivity index (χ1n) is 7.80. The summed E-state index contributed by atoms with van der Waals surface area (Å²) in [5.41, 5.74) is 1.47. The Hall–Kier alpha value is -2.60. The maximum absolute atomic E-state index is 11.9. The van der Waals surface area contributed by atoms with Crippen LogP contribution in [0.25, 0.3) is 11.5 Å². The second-order valence-electron chi connectivity index (χ2n) is 5.66. The number of carbonyl (C=O) groups excluding carboxylic acids is 1. The molecule has 0 atom stereocenters. The molecule has 6 heteroatoms. The van der Waals surface area contributed by atoms with Gasteiger partial charge in [0.1, 0.15) is 23.1 Å². The second-order valence-corrected chi connectivity index (χ2v) is 6.61. The van der Waals surface area contributed by atoms with Crippen LogP contribution in [0.3, 0.4) is 0 Å². The fourth-order valence-electron chi connectivity index (χ4n) is 2.26. The molecular weight excluding hydrogens is 324 g/mol. The number of amides is 1. The van der Waals surface area contributed by atoms with E-state index >= 15 is 0 Å². The molecule has 1 saturated carbocycles. The lowest BCUT2D eigenvalue weighted by atomic mass is 10.2. The van der Waals surface area contributed by atoms with E-state index in [1.54, 1.807) is 18.4 Å². The Morgan fingerprint density at radius 1 is 1.29 bits per heavy atom. The molecule has 0 radical (unpaired) electrons. The van der Waals surface area contributed by atoms with Crippen molar-refractivity contribution in [3.63, 3.8) is 0 Å². The van der Waals surface area contributed by atoms with E-state index in [0.717, 1.165) is 29.3 Å². The highest BCUT2D eigenvalue weighted by atomic mass is 32.1. The first-order chi connectivity index (χ1) is 11.8. The van der Waals surface area contributed by atoms with Crippen molar-refractivity contribution >= 4 is 17.2 Å². The van der Waals surface area contributed by atoms with Gasteiger partial charge in [0.05, 0.1) is 6.26 Å². The number of thiazole rings is 1. The Labute approximate surface area is 143 Å². The summed E-state index contributed by atoms with van der Waals surface area (Å²) < 4.78 is 11.1. The molecule has 0 aliphatic heterocycles. The molecule has 1 fully saturated rings. The highest BCUT2D eigenvalue weighted by Crippen LogP contribution is 2.23. The molecule has 1 aliphatic rings. The third-order valence-electron chi connectivity index (χ3n) is 3.72. The van der Waals surface area contributed by atoms with Gasteiger partial charge in [-0.2, -0.15) is 0 Å². The number of ether oxygens (including phenoxy) is 1. The molecule has 4 rings (SSSR count). The molecule has 2 heterocycles. The Bertz CT molecular complexity index is 820. The molecule has 0 bridgehead atoms. The maximum atomic E-state index is 11.9. The summed E-state index contributed by atoms with van der Waals surface area (Å²) in [6.45, 7) is 0.388. The zero-order valence-electron chi connectivity index (χ0n) is 12.9. The van der Waals surface area contributed by atoms with Crippen molar-refractivity contribution in [2.24, 2.45) is 0 Å². The number of nitrogens with zero attached hydrogens (tertiary/aromatic N) is 1. The van der Waals surface area contributed by atoms with Gasteiger partial charge in [0.2, 0.25) is 0 Å². The third-order valence-corrected chi connectivity index (χ3v) is 4.54. The van der Waals surface area contributed by atoms with E-state index in [4.69, 9.17) is 9.15 Å². The monoisotopic (exact) mass is 340 g/mol. The fraction of sp³-hybridized carbons (Fsp3) is 0.222. The number of furan rings is 1. The average molecular weight is 340 g/mol. The Balaban J connectivity index is 1.34. The molecule has 5 nitrogen and oxygen atoms in total. The van der Waals surface area contributed by atoms with Crippen molar-refractivity contribution in [2.45, 2.75) is 25.5 Å². The maximum Gasteiger partial charge on any atom is 0.251 e. The Kier molecular flexibility index (Phi) is 4.04. The van der Waals surface area contributed by atoms with Gasteiger partial charge in [0.25, 0.3) is 5.91 Å². The average Bonchev–Trinajstić information content (AvgIpc) is 3.08. The first-order valence-corrected chi connectivity index (χ1v) is 8.68. The van der Waals surface area contributed by atoms with Crippen molar-refractivity contribution in [3.8, 4) is 17.2 Å². The SMILES string of the molecule is O=C(NC1CC1)c1ccc(OCc2nc(-c3ccco3)cs2)cc1. The number of benzene rings is 1. The number of nitrogens with one attached hydrogen (secondary N) is 1. The summed E-state index contributed by atoms with van der Waals surface area (Å²) in [6.07, 6.45) is 3.80. The molecule has 1 aromatic carbocycles. The van der Waals surface area contributed by atoms with Crippen LogP contribution in [-0.4, -0.2) is 16.9 Å². The second kappa shape index (κ2) is 6.49. The van der Waals surface area contributed by atoms with E-state index < -0.39 is 0 Å². The lowest BCUT2D eigenvalue weighted by molar-refractivity contribution is 0.0951. The van der Waals surface area contributed by atoms with E-state index in [-0.39, 0.29) is 5.91 Å². The van der Waals surface area contributed by atoms with Crippen LogP contribution in [0.2, 0.25) is 0 Å². The number of carbonyl (C=O) groups is 1. The molecule has 1 N–H and O–H groups in total. The number of rotatable bonds is 6. The molecule has 2 aromatic heterocycles. The minimum Gasteiger partial charge on any atom is -0.486 e. The smallest absolute Gasteiger partial charge is 0.251 e. The van der Waals surface area contributed by atoms with Gasteiger partial charge in [-0.25, -0.2) is 4.98 Å². The largest absolute Gasteiger partial charge is 0.486 e. The topological polar surface area (TPSA) is 64.4 Å². The van der Waals surface area contributed by atoms with Crippen LogP contribution in [0.5, 0.6) is 5.75 Å². The zero-order chi connectivity index (χ0) is 16.4. The standard InChI is InChI=1S/C18H16N2O3S/c21-18(19-13-5-6-13)12-3-7-14(8-4-12)23-10-17-20-15(11-24-17)16-2-1-9-22-16/h1-4,7-9,11,13H,5-6,10H2,(H,19,21). The van der Waals surface area contributed by atoms with Gasteiger partial charge in [-0.3, -0.25) is 4.79 Å². The molecule has 122 valence electrons. The van der Waals surface area contributed by atoms with Crippen LogP contribution < -0.4 is 10.1 Å². The predicted molar refractivity (Wildman–Crippen MR) is 91.1 cm³/mol. The van der Waals surface area contributed by atoms with E-state index in [2.05, 4.69) is 10.3 Å². The van der Waals surface area contributed by atoms with Gasteiger partial charge in [0.15, 0.2) is 5.76 Å². The van der Waals surface area contributed by atoms with Gasteiger partial charge < -0.3 is 14.5 Å². The molecule has 1 aliphatic carbocycles. The first kappa shape index (κ1) is 15.0. The Morgan fingerprint density at radius 2 is 2.12 bits per heavy atom. The number of hydrogen-bond acceptors (Lipinski definition) is 5. The van der Waals surface area contributed by atoms with Crippen LogP contribution in [0.1, 0.15) is 28.2 Å². The summed E-state index contributed by atoms with van der Waals surface area (Å²) in [6, 6.07) is 11.3. The summed E-state index contributed by atoms with van der Waals surface area (Å²) in [7, 11) is 0. The summed E-state index contributed by atoms with van der Waals surface area (Å²) >= 11 is 1.53. The summed E-state index contributed by atoms with van der Waals surface area (Å²) in [5, 5.41) is 5.79. The Morgan fingerprint density at radius 3 is 2.83 bits per heavy atom. The van der Waals surface area contributed by atoms with Crippen LogP contribution in [0.15, 0.2) is 52.5 Å². The fourth-order valence-corrected chi connectivity index (χ4v) is 2.95. The van der Waals surface area contributed by atoms with Gasteiger partial charge in [-0.15, -0.1) is 11.3 Å². The van der Waals surface area contributed by atoms with Crippen molar-refractivity contribution < 1.29 is 13.9 Å². The quantitative estimate of drug-likeness (QED) is 0.740. The molecule has 0 saturated heterocycles. The van der Waals surface area contributed by atoms with Gasteiger partial charge >= 0.3 is 0 Å². The van der Waals surface area contributed by atoms with Crippen molar-refractivity contribution in [1.29, 1.82) is 0 Å². The summed E-state index contributed by atoms with van der Waals surface area (Å²) in [5.74, 6) is 1.45. The van der Waals surface area contributed by atoms with Crippen LogP contribution in [0.4, 0.5) is 0 Å². The van der Waals surface area contributed by atoms with E-state index in [9.17, 15) is 4.79 Å².